The Kier molecular flexibility index (Phi) is 3.94. The number of nitrogen functional groups attached to an aromatic ring is 1. The Bertz CT molecular complexity index is 419. The molecule has 2 rings (SSSR count). The van der Waals surface area contributed by atoms with Crippen LogP contribution >= 0.6 is 0 Å². The molecule has 18 heavy (non-hydrogen) atoms. The van der Waals surface area contributed by atoms with Crippen molar-refractivity contribution < 1.29 is 9.13 Å². The average Bonchev–Trinajstić information content (AvgIpc) is 3.16. The summed E-state index contributed by atoms with van der Waals surface area (Å²) in [4.78, 5) is 2.15. The highest BCUT2D eigenvalue weighted by Gasteiger charge is 2.30. The zero-order chi connectivity index (χ0) is 13.1. The van der Waals surface area contributed by atoms with Gasteiger partial charge in [0, 0.05) is 24.7 Å². The lowest BCUT2D eigenvalue weighted by molar-refractivity contribution is 0.416. The quantitative estimate of drug-likeness (QED) is 0.790. The van der Waals surface area contributed by atoms with Gasteiger partial charge >= 0.3 is 0 Å². The molecule has 1 aliphatic rings. The van der Waals surface area contributed by atoms with Crippen molar-refractivity contribution in [1.82, 2.24) is 0 Å². The molecule has 0 heterocycles. The van der Waals surface area contributed by atoms with Crippen molar-refractivity contribution in [1.29, 1.82) is 0 Å². The summed E-state index contributed by atoms with van der Waals surface area (Å²) in [6.07, 6.45) is 4.48. The number of hydrogen-bond acceptors (Lipinski definition) is 3. The maximum absolute atomic E-state index is 14.1. The van der Waals surface area contributed by atoms with Crippen molar-refractivity contribution >= 4 is 11.4 Å². The molecule has 2 N–H and O–H groups in total. The van der Waals surface area contributed by atoms with Gasteiger partial charge in [0.1, 0.15) is 11.6 Å². The van der Waals surface area contributed by atoms with Gasteiger partial charge in [0.05, 0.1) is 18.5 Å². The first-order chi connectivity index (χ1) is 8.67. The Morgan fingerprint density at radius 3 is 2.72 bits per heavy atom. The monoisotopic (exact) mass is 252 g/mol. The highest BCUT2D eigenvalue weighted by atomic mass is 19.1. The summed E-state index contributed by atoms with van der Waals surface area (Å²) in [5.74, 6) is 0.296. The standard InChI is InChI=1S/C14H21FN2O/c1-3-4-7-17(10-5-6-10)13-9-14(18-2)12(16)8-11(13)15/h8-10H,3-7,16H2,1-2H3. The summed E-state index contributed by atoms with van der Waals surface area (Å²) < 4.78 is 19.2. The number of ether oxygens (including phenoxy) is 1. The smallest absolute Gasteiger partial charge is 0.148 e. The molecule has 3 nitrogen and oxygen atoms in total. The summed E-state index contributed by atoms with van der Waals surface area (Å²) in [6.45, 7) is 3.04. The number of benzene rings is 1. The van der Waals surface area contributed by atoms with Crippen LogP contribution in [0.15, 0.2) is 12.1 Å². The molecule has 0 radical (unpaired) electrons. The summed E-state index contributed by atoms with van der Waals surface area (Å²) in [6, 6.07) is 3.56. The van der Waals surface area contributed by atoms with Crippen molar-refractivity contribution in [2.45, 2.75) is 38.6 Å². The van der Waals surface area contributed by atoms with Gasteiger partial charge in [-0.2, -0.15) is 0 Å². The van der Waals surface area contributed by atoms with Gasteiger partial charge in [0.25, 0.3) is 0 Å². The SMILES string of the molecule is CCCCN(c1cc(OC)c(N)cc1F)C1CC1. The Balaban J connectivity index is 2.28. The molecule has 1 aliphatic carbocycles. The molecule has 0 spiro atoms. The van der Waals surface area contributed by atoms with Gasteiger partial charge < -0.3 is 15.4 Å². The van der Waals surface area contributed by atoms with Crippen LogP contribution in [0, 0.1) is 5.82 Å². The topological polar surface area (TPSA) is 38.5 Å². The predicted molar refractivity (Wildman–Crippen MR) is 72.6 cm³/mol. The molecule has 0 bridgehead atoms. The van der Waals surface area contributed by atoms with E-state index >= 15 is 0 Å². The first-order valence-electron chi connectivity index (χ1n) is 6.57. The average molecular weight is 252 g/mol. The van der Waals surface area contributed by atoms with Crippen LogP contribution in [0.3, 0.4) is 0 Å². The van der Waals surface area contributed by atoms with Gasteiger partial charge in [-0.3, -0.25) is 0 Å². The van der Waals surface area contributed by atoms with Crippen LogP contribution < -0.4 is 15.4 Å². The van der Waals surface area contributed by atoms with Gasteiger partial charge in [-0.05, 0) is 19.3 Å². The van der Waals surface area contributed by atoms with E-state index in [2.05, 4.69) is 11.8 Å². The van der Waals surface area contributed by atoms with Crippen molar-refractivity contribution in [3.05, 3.63) is 17.9 Å². The van der Waals surface area contributed by atoms with Gasteiger partial charge in [-0.15, -0.1) is 0 Å². The molecule has 0 saturated heterocycles. The molecule has 1 saturated carbocycles. The van der Waals surface area contributed by atoms with Crippen LogP contribution in [0.4, 0.5) is 15.8 Å². The number of unbranched alkanes of at least 4 members (excludes halogenated alkanes) is 1. The Morgan fingerprint density at radius 1 is 1.44 bits per heavy atom. The van der Waals surface area contributed by atoms with Gasteiger partial charge in [0.15, 0.2) is 0 Å². The fourth-order valence-corrected chi connectivity index (χ4v) is 2.17. The van der Waals surface area contributed by atoms with Crippen molar-refractivity contribution in [3.63, 3.8) is 0 Å². The minimum atomic E-state index is -0.253. The molecule has 0 unspecified atom stereocenters. The van der Waals surface area contributed by atoms with Crippen LogP contribution in [0.1, 0.15) is 32.6 Å². The van der Waals surface area contributed by atoms with E-state index in [9.17, 15) is 4.39 Å². The molecular formula is C14H21FN2O. The number of hydrogen-bond donors (Lipinski definition) is 1. The van der Waals surface area contributed by atoms with Crippen LogP contribution in [-0.4, -0.2) is 19.7 Å². The summed E-state index contributed by atoms with van der Waals surface area (Å²) >= 11 is 0. The molecule has 1 aromatic rings. The number of halogens is 1. The number of methoxy groups -OCH3 is 1. The normalized spacial score (nSPS) is 14.6. The first kappa shape index (κ1) is 13.0. The Morgan fingerprint density at radius 2 is 2.17 bits per heavy atom. The summed E-state index contributed by atoms with van der Waals surface area (Å²) in [5.41, 5.74) is 6.68. The lowest BCUT2D eigenvalue weighted by Crippen LogP contribution is -2.27. The third-order valence-electron chi connectivity index (χ3n) is 3.35. The lowest BCUT2D eigenvalue weighted by atomic mass is 10.2. The Labute approximate surface area is 108 Å². The highest BCUT2D eigenvalue weighted by molar-refractivity contribution is 5.64. The third-order valence-corrected chi connectivity index (χ3v) is 3.35. The van der Waals surface area contributed by atoms with E-state index in [1.165, 1.54) is 6.07 Å². The van der Waals surface area contributed by atoms with E-state index in [0.717, 1.165) is 32.2 Å². The second kappa shape index (κ2) is 5.46. The first-order valence-corrected chi connectivity index (χ1v) is 6.57. The molecule has 4 heteroatoms. The molecule has 1 fully saturated rings. The number of nitrogens with zero attached hydrogens (tertiary/aromatic N) is 1. The predicted octanol–water partition coefficient (Wildman–Crippen LogP) is 3.19. The number of anilines is 2. The van der Waals surface area contributed by atoms with Crippen LogP contribution in [0.5, 0.6) is 5.75 Å². The Hall–Kier alpha value is -1.45. The molecular weight excluding hydrogens is 231 g/mol. The highest BCUT2D eigenvalue weighted by Crippen LogP contribution is 2.37. The van der Waals surface area contributed by atoms with Crippen molar-refractivity contribution in [3.8, 4) is 5.75 Å². The third kappa shape index (κ3) is 2.68. The summed E-state index contributed by atoms with van der Waals surface area (Å²) in [7, 11) is 1.56. The van der Waals surface area contributed by atoms with E-state index in [1.807, 2.05) is 0 Å². The van der Waals surface area contributed by atoms with E-state index in [4.69, 9.17) is 10.5 Å². The molecule has 0 aliphatic heterocycles. The molecule has 0 amide bonds. The van der Waals surface area contributed by atoms with Crippen LogP contribution in [-0.2, 0) is 0 Å². The van der Waals surface area contributed by atoms with Crippen molar-refractivity contribution in [2.24, 2.45) is 0 Å². The van der Waals surface area contributed by atoms with Gasteiger partial charge in [0.2, 0.25) is 0 Å². The zero-order valence-electron chi connectivity index (χ0n) is 11.1. The fraction of sp³-hybridized carbons (Fsp3) is 0.571. The van der Waals surface area contributed by atoms with Gasteiger partial charge in [-0.1, -0.05) is 13.3 Å². The van der Waals surface area contributed by atoms with Crippen molar-refractivity contribution in [2.75, 3.05) is 24.3 Å². The van der Waals surface area contributed by atoms with E-state index < -0.39 is 0 Å². The minimum Gasteiger partial charge on any atom is -0.495 e. The maximum Gasteiger partial charge on any atom is 0.148 e. The van der Waals surface area contributed by atoms with Crippen LogP contribution in [0.25, 0.3) is 0 Å². The maximum atomic E-state index is 14.1. The zero-order valence-corrected chi connectivity index (χ0v) is 11.1. The van der Waals surface area contributed by atoms with E-state index in [1.54, 1.807) is 13.2 Å². The fourth-order valence-electron chi connectivity index (χ4n) is 2.17. The number of rotatable bonds is 6. The lowest BCUT2D eigenvalue weighted by Gasteiger charge is -2.25. The van der Waals surface area contributed by atoms with Gasteiger partial charge in [-0.25, -0.2) is 4.39 Å². The minimum absolute atomic E-state index is 0.253. The van der Waals surface area contributed by atoms with E-state index in [0.29, 0.717) is 23.2 Å². The number of nitrogens with two attached hydrogens (primary N) is 1. The summed E-state index contributed by atoms with van der Waals surface area (Å²) in [5, 5.41) is 0. The second-order valence-corrected chi connectivity index (χ2v) is 4.82. The van der Waals surface area contributed by atoms with Crippen LogP contribution in [0.2, 0.25) is 0 Å². The molecule has 1 aromatic carbocycles. The largest absolute Gasteiger partial charge is 0.495 e. The van der Waals surface area contributed by atoms with E-state index in [-0.39, 0.29) is 5.82 Å². The molecule has 0 atom stereocenters. The molecule has 100 valence electrons. The molecule has 0 aromatic heterocycles. The second-order valence-electron chi connectivity index (χ2n) is 4.82.